The number of carbonyl (C=O) groups is 1. The number of hydrogen-bond donors (Lipinski definition) is 1. The molecule has 0 saturated carbocycles. The summed E-state index contributed by atoms with van der Waals surface area (Å²) in [5.41, 5.74) is 0. The van der Waals surface area contributed by atoms with E-state index in [2.05, 4.69) is 4.89 Å². The first-order valence-corrected chi connectivity index (χ1v) is 0.795. The van der Waals surface area contributed by atoms with Gasteiger partial charge in [-0.2, -0.15) is 0 Å². The summed E-state index contributed by atoms with van der Waals surface area (Å²) in [6, 6.07) is 0. The predicted octanol–water partition coefficient (Wildman–Crippen LogP) is -4.18. The van der Waals surface area contributed by atoms with Crippen LogP contribution in [0, 0.1) is 0 Å². The molecule has 0 aliphatic rings. The standard InChI is InChI=1S/CH2O4.Li/c2-1(3)5-4;/h4H,(H,2,3);/q;+1/p-1. The molecule has 0 aromatic rings. The maximum atomic E-state index is 8.78. The molecule has 5 heteroatoms. The van der Waals surface area contributed by atoms with Gasteiger partial charge in [-0.05, 0) is 0 Å². The van der Waals surface area contributed by atoms with Gasteiger partial charge in [-0.3, -0.25) is 5.26 Å². The Kier molecular flexibility index (Phi) is 7.46. The molecule has 0 radical (unpaired) electrons. The average molecular weight is 84.0 g/mol. The van der Waals surface area contributed by atoms with Crippen molar-refractivity contribution < 1.29 is 38.9 Å². The van der Waals surface area contributed by atoms with Gasteiger partial charge in [0.2, 0.25) is 0 Å². The topological polar surface area (TPSA) is 69.6 Å². The number of rotatable bonds is 0. The van der Waals surface area contributed by atoms with E-state index in [1.54, 1.807) is 0 Å². The Balaban J connectivity index is 0. The fraction of sp³-hybridized carbons (Fsp3) is 0. The van der Waals surface area contributed by atoms with E-state index in [9.17, 15) is 0 Å². The molecule has 0 aromatic carbocycles. The second kappa shape index (κ2) is 4.83. The van der Waals surface area contributed by atoms with Crippen LogP contribution in [0.4, 0.5) is 4.79 Å². The Labute approximate surface area is 45.8 Å². The van der Waals surface area contributed by atoms with Crippen LogP contribution in [0.2, 0.25) is 0 Å². The SMILES string of the molecule is O=C([O-])OO.[Li+]. The van der Waals surface area contributed by atoms with Gasteiger partial charge >= 0.3 is 18.9 Å². The Morgan fingerprint density at radius 1 is 1.83 bits per heavy atom. The van der Waals surface area contributed by atoms with Crippen molar-refractivity contribution in [3.63, 3.8) is 0 Å². The zero-order valence-electron chi connectivity index (χ0n) is 3.17. The van der Waals surface area contributed by atoms with Crippen molar-refractivity contribution in [3.8, 4) is 0 Å². The maximum Gasteiger partial charge on any atom is 1.00 e. The Hall–Kier alpha value is -0.173. The molecule has 0 amide bonds. The summed E-state index contributed by atoms with van der Waals surface area (Å²) < 4.78 is 0. The summed E-state index contributed by atoms with van der Waals surface area (Å²) in [6.45, 7) is 0. The molecule has 0 atom stereocenters. The zero-order chi connectivity index (χ0) is 4.28. The van der Waals surface area contributed by atoms with Gasteiger partial charge in [0, 0.05) is 0 Å². The molecular weight excluding hydrogens is 82.9 g/mol. The summed E-state index contributed by atoms with van der Waals surface area (Å²) in [5.74, 6) is 0. The van der Waals surface area contributed by atoms with Crippen molar-refractivity contribution in [1.82, 2.24) is 0 Å². The molecule has 1 N–H and O–H groups in total. The van der Waals surface area contributed by atoms with E-state index in [-0.39, 0.29) is 18.9 Å². The summed E-state index contributed by atoms with van der Waals surface area (Å²) in [6.07, 6.45) is -1.94. The van der Waals surface area contributed by atoms with E-state index >= 15 is 0 Å². The molecule has 0 rings (SSSR count). The largest absolute Gasteiger partial charge is 1.00 e. The first-order chi connectivity index (χ1) is 2.27. The molecule has 0 aromatic heterocycles. The second-order valence-corrected chi connectivity index (χ2v) is 0.341. The van der Waals surface area contributed by atoms with E-state index in [0.29, 0.717) is 0 Å². The fourth-order valence-corrected chi connectivity index (χ4v) is 0. The van der Waals surface area contributed by atoms with Crippen molar-refractivity contribution >= 4 is 6.16 Å². The van der Waals surface area contributed by atoms with E-state index in [4.69, 9.17) is 15.2 Å². The normalized spacial score (nSPS) is 5.50. The van der Waals surface area contributed by atoms with Gasteiger partial charge in [-0.25, -0.2) is 0 Å². The molecule has 6 heavy (non-hydrogen) atoms. The van der Waals surface area contributed by atoms with Crippen molar-refractivity contribution in [1.29, 1.82) is 0 Å². The second-order valence-electron chi connectivity index (χ2n) is 0.341. The molecule has 0 aliphatic carbocycles. The van der Waals surface area contributed by atoms with Crippen LogP contribution in [0.3, 0.4) is 0 Å². The first-order valence-electron chi connectivity index (χ1n) is 0.795. The van der Waals surface area contributed by atoms with E-state index in [1.807, 2.05) is 0 Å². The molecule has 0 unspecified atom stereocenters. The van der Waals surface area contributed by atoms with Crippen LogP contribution in [0.5, 0.6) is 0 Å². The zero-order valence-corrected chi connectivity index (χ0v) is 3.17. The average Bonchev–Trinajstić information content (AvgIpc) is 1.38. The quantitative estimate of drug-likeness (QED) is 0.183. The van der Waals surface area contributed by atoms with Gasteiger partial charge in [0.15, 0.2) is 0 Å². The Morgan fingerprint density at radius 2 is 2.00 bits per heavy atom. The van der Waals surface area contributed by atoms with Crippen LogP contribution in [0.25, 0.3) is 0 Å². The molecule has 0 bridgehead atoms. The first kappa shape index (κ1) is 9.27. The summed E-state index contributed by atoms with van der Waals surface area (Å²) in [4.78, 5) is 11.3. The fourth-order valence-electron chi connectivity index (χ4n) is 0. The van der Waals surface area contributed by atoms with Crippen molar-refractivity contribution in [2.24, 2.45) is 0 Å². The third-order valence-electron chi connectivity index (χ3n) is 0.0745. The van der Waals surface area contributed by atoms with E-state index < -0.39 is 6.16 Å². The smallest absolute Gasteiger partial charge is 0.424 e. The minimum atomic E-state index is -1.94. The van der Waals surface area contributed by atoms with Gasteiger partial charge in [0.05, 0.1) is 0 Å². The minimum absolute atomic E-state index is 0. The molecular formula is CHLiO4. The van der Waals surface area contributed by atoms with E-state index in [1.165, 1.54) is 0 Å². The summed E-state index contributed by atoms with van der Waals surface area (Å²) in [5, 5.41) is 15.8. The number of carbonyl (C=O) groups excluding carboxylic acids is 1. The Bertz CT molecular complexity index is 42.8. The monoisotopic (exact) mass is 84.0 g/mol. The van der Waals surface area contributed by atoms with Crippen LogP contribution in [-0.2, 0) is 4.89 Å². The van der Waals surface area contributed by atoms with Crippen LogP contribution < -0.4 is 24.0 Å². The van der Waals surface area contributed by atoms with Crippen LogP contribution in [0.15, 0.2) is 0 Å². The van der Waals surface area contributed by atoms with Crippen LogP contribution in [0.1, 0.15) is 0 Å². The van der Waals surface area contributed by atoms with Gasteiger partial charge in [0.25, 0.3) is 6.16 Å². The van der Waals surface area contributed by atoms with Crippen LogP contribution in [-0.4, -0.2) is 11.4 Å². The van der Waals surface area contributed by atoms with Gasteiger partial charge < -0.3 is 14.8 Å². The third kappa shape index (κ3) is 9.16. The third-order valence-corrected chi connectivity index (χ3v) is 0.0745. The van der Waals surface area contributed by atoms with E-state index in [0.717, 1.165) is 0 Å². The molecule has 4 nitrogen and oxygen atoms in total. The van der Waals surface area contributed by atoms with Gasteiger partial charge in [0.1, 0.15) is 0 Å². The summed E-state index contributed by atoms with van der Waals surface area (Å²) >= 11 is 0. The van der Waals surface area contributed by atoms with Crippen molar-refractivity contribution in [2.75, 3.05) is 0 Å². The molecule has 0 fully saturated rings. The maximum absolute atomic E-state index is 8.78. The van der Waals surface area contributed by atoms with Crippen LogP contribution >= 0.6 is 0 Å². The molecule has 0 spiro atoms. The number of carboxylic acid groups (broad SMARTS) is 1. The summed E-state index contributed by atoms with van der Waals surface area (Å²) in [7, 11) is 0. The molecule has 0 saturated heterocycles. The van der Waals surface area contributed by atoms with Gasteiger partial charge in [-0.15, -0.1) is 0 Å². The number of hydrogen-bond acceptors (Lipinski definition) is 4. The minimum Gasteiger partial charge on any atom is -0.424 e. The molecule has 30 valence electrons. The van der Waals surface area contributed by atoms with Gasteiger partial charge in [-0.1, -0.05) is 0 Å². The molecule has 0 heterocycles. The molecule has 0 aliphatic heterocycles. The van der Waals surface area contributed by atoms with Crippen molar-refractivity contribution in [2.45, 2.75) is 0 Å². The Morgan fingerprint density at radius 3 is 2.00 bits per heavy atom. The predicted molar refractivity (Wildman–Crippen MR) is 9.11 cm³/mol. The van der Waals surface area contributed by atoms with Crippen molar-refractivity contribution in [3.05, 3.63) is 0 Å².